The van der Waals surface area contributed by atoms with Crippen LogP contribution in [0.3, 0.4) is 0 Å². The summed E-state index contributed by atoms with van der Waals surface area (Å²) in [4.78, 5) is 11.6. The molecule has 0 aliphatic heterocycles. The largest absolute Gasteiger partial charge is 0.416 e. The van der Waals surface area contributed by atoms with Crippen molar-refractivity contribution in [3.63, 3.8) is 0 Å². The molecule has 0 bridgehead atoms. The number of rotatable bonds is 6. The van der Waals surface area contributed by atoms with Gasteiger partial charge < -0.3 is 15.2 Å². The summed E-state index contributed by atoms with van der Waals surface area (Å²) in [7, 11) is 0. The maximum atomic E-state index is 12.9. The second kappa shape index (κ2) is 7.79. The van der Waals surface area contributed by atoms with Gasteiger partial charge in [0.2, 0.25) is 5.91 Å². The number of carbonyl (C=O) groups is 1. The van der Waals surface area contributed by atoms with E-state index in [0.717, 1.165) is 31.7 Å². The van der Waals surface area contributed by atoms with Crippen molar-refractivity contribution in [2.75, 3.05) is 13.2 Å². The van der Waals surface area contributed by atoms with Gasteiger partial charge in [-0.15, -0.1) is 0 Å². The molecule has 1 atom stereocenters. The molecular formula is C16H20F3NO3. The molecule has 7 heteroatoms. The number of nitrogens with one attached hydrogen (secondary N) is 1. The van der Waals surface area contributed by atoms with Gasteiger partial charge >= 0.3 is 6.18 Å². The fourth-order valence-electron chi connectivity index (χ4n) is 2.67. The topological polar surface area (TPSA) is 58.6 Å². The Morgan fingerprint density at radius 2 is 1.96 bits per heavy atom. The van der Waals surface area contributed by atoms with Crippen LogP contribution < -0.4 is 5.32 Å². The smallest absolute Gasteiger partial charge is 0.387 e. The van der Waals surface area contributed by atoms with Crippen molar-refractivity contribution >= 4 is 5.91 Å². The Hall–Kier alpha value is -1.60. The lowest BCUT2D eigenvalue weighted by Gasteiger charge is -2.18. The van der Waals surface area contributed by atoms with E-state index in [2.05, 4.69) is 5.32 Å². The summed E-state index contributed by atoms with van der Waals surface area (Å²) in [5, 5.41) is 12.3. The van der Waals surface area contributed by atoms with E-state index in [4.69, 9.17) is 4.74 Å². The molecule has 0 spiro atoms. The first kappa shape index (κ1) is 17.7. The molecule has 1 unspecified atom stereocenters. The summed E-state index contributed by atoms with van der Waals surface area (Å²) in [5.74, 6) is -0.444. The summed E-state index contributed by atoms with van der Waals surface area (Å²) >= 11 is 0. The molecule has 1 aliphatic carbocycles. The summed E-state index contributed by atoms with van der Waals surface area (Å²) in [6.07, 6.45) is -1.88. The number of carbonyl (C=O) groups excluding carboxylic acids is 1. The second-order valence-electron chi connectivity index (χ2n) is 5.62. The average Bonchev–Trinajstić information content (AvgIpc) is 3.03. The molecular weight excluding hydrogens is 311 g/mol. The highest BCUT2D eigenvalue weighted by Gasteiger charge is 2.34. The van der Waals surface area contributed by atoms with E-state index in [1.807, 2.05) is 0 Å². The average molecular weight is 331 g/mol. The number of halogens is 3. The predicted octanol–water partition coefficient (Wildman–Crippen LogP) is 2.81. The standard InChI is InChI=1S/C16H20F3NO3/c17-16(18,19)13-8-4-3-7-12(13)14(21)9-20-15(22)10-23-11-5-1-2-6-11/h3-4,7-8,11,14,21H,1-2,5-6,9-10H2,(H,20,22). The van der Waals surface area contributed by atoms with Gasteiger partial charge in [-0.2, -0.15) is 13.2 Å². The Morgan fingerprint density at radius 3 is 2.61 bits per heavy atom. The molecule has 23 heavy (non-hydrogen) atoms. The van der Waals surface area contributed by atoms with Gasteiger partial charge in [-0.3, -0.25) is 4.79 Å². The number of aliphatic hydroxyl groups is 1. The van der Waals surface area contributed by atoms with Crippen LogP contribution in [0.1, 0.15) is 42.9 Å². The van der Waals surface area contributed by atoms with E-state index in [0.29, 0.717) is 0 Å². The lowest BCUT2D eigenvalue weighted by atomic mass is 10.0. The molecule has 1 fully saturated rings. The van der Waals surface area contributed by atoms with Crippen molar-refractivity contribution < 1.29 is 27.8 Å². The van der Waals surface area contributed by atoms with Gasteiger partial charge in [0, 0.05) is 6.54 Å². The first-order chi connectivity index (χ1) is 10.9. The summed E-state index contributed by atoms with van der Waals surface area (Å²) in [6, 6.07) is 4.78. The second-order valence-corrected chi connectivity index (χ2v) is 5.62. The molecule has 1 aliphatic rings. The summed E-state index contributed by atoms with van der Waals surface area (Å²) in [6.45, 7) is -0.432. The number of hydrogen-bond donors (Lipinski definition) is 2. The third-order valence-electron chi connectivity index (χ3n) is 3.87. The molecule has 1 saturated carbocycles. The molecule has 4 nitrogen and oxygen atoms in total. The van der Waals surface area contributed by atoms with Crippen LogP contribution in [0, 0.1) is 0 Å². The number of alkyl halides is 3. The molecule has 1 aromatic carbocycles. The number of amides is 1. The van der Waals surface area contributed by atoms with E-state index in [1.165, 1.54) is 18.2 Å². The van der Waals surface area contributed by atoms with Crippen molar-refractivity contribution in [1.29, 1.82) is 0 Å². The zero-order chi connectivity index (χ0) is 16.9. The summed E-state index contributed by atoms with van der Waals surface area (Å²) < 4.78 is 44.1. The van der Waals surface area contributed by atoms with E-state index < -0.39 is 23.8 Å². The first-order valence-corrected chi connectivity index (χ1v) is 7.60. The van der Waals surface area contributed by atoms with Crippen LogP contribution in [0.5, 0.6) is 0 Å². The molecule has 2 N–H and O–H groups in total. The highest BCUT2D eigenvalue weighted by Crippen LogP contribution is 2.34. The van der Waals surface area contributed by atoms with E-state index in [9.17, 15) is 23.1 Å². The maximum absolute atomic E-state index is 12.9. The zero-order valence-electron chi connectivity index (χ0n) is 12.6. The van der Waals surface area contributed by atoms with Crippen LogP contribution in [0.4, 0.5) is 13.2 Å². The van der Waals surface area contributed by atoms with Gasteiger partial charge in [-0.25, -0.2) is 0 Å². The number of aliphatic hydroxyl groups excluding tert-OH is 1. The van der Waals surface area contributed by atoms with Crippen molar-refractivity contribution in [3.8, 4) is 0 Å². The maximum Gasteiger partial charge on any atom is 0.416 e. The van der Waals surface area contributed by atoms with Gasteiger partial charge in [0.15, 0.2) is 0 Å². The highest BCUT2D eigenvalue weighted by atomic mass is 19.4. The zero-order valence-corrected chi connectivity index (χ0v) is 12.6. The van der Waals surface area contributed by atoms with Crippen LogP contribution in [0.2, 0.25) is 0 Å². The predicted molar refractivity (Wildman–Crippen MR) is 77.6 cm³/mol. The van der Waals surface area contributed by atoms with Crippen LogP contribution in [0.15, 0.2) is 24.3 Å². The molecule has 2 rings (SSSR count). The SMILES string of the molecule is O=C(COC1CCCC1)NCC(O)c1ccccc1C(F)(F)F. The van der Waals surface area contributed by atoms with E-state index >= 15 is 0 Å². The van der Waals surface area contributed by atoms with Crippen LogP contribution in [-0.2, 0) is 15.7 Å². The first-order valence-electron chi connectivity index (χ1n) is 7.60. The van der Waals surface area contributed by atoms with Crippen molar-refractivity contribution in [2.45, 2.75) is 44.1 Å². The van der Waals surface area contributed by atoms with Crippen molar-refractivity contribution in [2.24, 2.45) is 0 Å². The lowest BCUT2D eigenvalue weighted by molar-refractivity contribution is -0.139. The highest BCUT2D eigenvalue weighted by molar-refractivity contribution is 5.77. The molecule has 0 heterocycles. The molecule has 0 aromatic heterocycles. The van der Waals surface area contributed by atoms with Gasteiger partial charge in [0.1, 0.15) is 6.61 Å². The Balaban J connectivity index is 1.84. The Labute approximate surface area is 132 Å². The monoisotopic (exact) mass is 331 g/mol. The minimum Gasteiger partial charge on any atom is -0.387 e. The van der Waals surface area contributed by atoms with Crippen molar-refractivity contribution in [3.05, 3.63) is 35.4 Å². The minimum atomic E-state index is -4.55. The van der Waals surface area contributed by atoms with Gasteiger partial charge in [-0.05, 0) is 24.5 Å². The molecule has 0 saturated heterocycles. The number of benzene rings is 1. The normalized spacial score (nSPS) is 17.2. The fraction of sp³-hybridized carbons (Fsp3) is 0.562. The number of hydrogen-bond acceptors (Lipinski definition) is 3. The van der Waals surface area contributed by atoms with Crippen LogP contribution >= 0.6 is 0 Å². The Morgan fingerprint density at radius 1 is 1.30 bits per heavy atom. The third kappa shape index (κ3) is 5.21. The van der Waals surface area contributed by atoms with Crippen LogP contribution in [0.25, 0.3) is 0 Å². The molecule has 0 radical (unpaired) electrons. The summed E-state index contributed by atoms with van der Waals surface area (Å²) in [5.41, 5.74) is -1.15. The number of ether oxygens (including phenoxy) is 1. The van der Waals surface area contributed by atoms with E-state index in [-0.39, 0.29) is 24.8 Å². The van der Waals surface area contributed by atoms with Crippen molar-refractivity contribution in [1.82, 2.24) is 5.32 Å². The molecule has 1 aromatic rings. The minimum absolute atomic E-state index is 0.0802. The van der Waals surface area contributed by atoms with Gasteiger partial charge in [0.25, 0.3) is 0 Å². The van der Waals surface area contributed by atoms with Gasteiger partial charge in [0.05, 0.1) is 17.8 Å². The Bertz CT molecular complexity index is 528. The lowest BCUT2D eigenvalue weighted by Crippen LogP contribution is -2.33. The quantitative estimate of drug-likeness (QED) is 0.843. The third-order valence-corrected chi connectivity index (χ3v) is 3.87. The fourth-order valence-corrected chi connectivity index (χ4v) is 2.67. The molecule has 128 valence electrons. The van der Waals surface area contributed by atoms with Gasteiger partial charge in [-0.1, -0.05) is 31.0 Å². The Kier molecular flexibility index (Phi) is 6.01. The van der Waals surface area contributed by atoms with Crippen LogP contribution in [-0.4, -0.2) is 30.3 Å². The van der Waals surface area contributed by atoms with E-state index in [1.54, 1.807) is 0 Å². The molecule has 1 amide bonds.